The number of aryl methyl sites for hydroxylation is 1. The third-order valence-corrected chi connectivity index (χ3v) is 8.55. The summed E-state index contributed by atoms with van der Waals surface area (Å²) in [6.45, 7) is 5.44. The van der Waals surface area contributed by atoms with E-state index in [1.807, 2.05) is 49.4 Å². The Balaban J connectivity index is 1.24. The normalized spacial score (nSPS) is 15.8. The Kier molecular flexibility index (Phi) is 7.45. The molecule has 5 rings (SSSR count). The lowest BCUT2D eigenvalue weighted by Crippen LogP contribution is -2.51. The molecule has 8 nitrogen and oxygen atoms in total. The van der Waals surface area contributed by atoms with E-state index < -0.39 is 10.0 Å². The van der Waals surface area contributed by atoms with Crippen molar-refractivity contribution in [2.24, 2.45) is 0 Å². The van der Waals surface area contributed by atoms with E-state index in [4.69, 9.17) is 9.47 Å². The zero-order chi connectivity index (χ0) is 25.8. The van der Waals surface area contributed by atoms with Crippen molar-refractivity contribution in [1.82, 2.24) is 14.1 Å². The quantitative estimate of drug-likeness (QED) is 0.453. The second-order valence-electron chi connectivity index (χ2n) is 9.42. The number of hydrogen-bond donors (Lipinski definition) is 0. The molecule has 0 spiro atoms. The van der Waals surface area contributed by atoms with E-state index in [2.05, 4.69) is 4.90 Å². The number of ether oxygens (including phenoxy) is 2. The minimum atomic E-state index is -3.85. The van der Waals surface area contributed by atoms with Crippen LogP contribution in [0.2, 0.25) is 0 Å². The van der Waals surface area contributed by atoms with Crippen LogP contribution < -0.4 is 9.47 Å². The molecular formula is C28H31N3O5S. The summed E-state index contributed by atoms with van der Waals surface area (Å²) >= 11 is 0. The summed E-state index contributed by atoms with van der Waals surface area (Å²) in [7, 11) is -3.85. The van der Waals surface area contributed by atoms with Crippen molar-refractivity contribution in [2.45, 2.75) is 24.9 Å². The minimum absolute atomic E-state index is 0.132. The maximum atomic E-state index is 13.5. The molecule has 0 aliphatic carbocycles. The van der Waals surface area contributed by atoms with Crippen molar-refractivity contribution in [3.8, 4) is 11.5 Å². The highest BCUT2D eigenvalue weighted by Gasteiger charge is 2.30. The summed E-state index contributed by atoms with van der Waals surface area (Å²) in [6, 6.07) is 22.0. The number of piperazine rings is 1. The van der Waals surface area contributed by atoms with E-state index in [1.165, 1.54) is 4.31 Å². The lowest BCUT2D eigenvalue weighted by atomic mass is 10.1. The zero-order valence-electron chi connectivity index (χ0n) is 20.9. The summed E-state index contributed by atoms with van der Waals surface area (Å²) in [5, 5.41) is 0. The SMILES string of the molecule is Cc1ccc(CN(CC(=O)N2CCN(Cc3ccc4c(c3)OCO4)CC2)S(=O)(=O)c2ccccc2)cc1. The Morgan fingerprint density at radius 2 is 1.54 bits per heavy atom. The first kappa shape index (κ1) is 25.3. The van der Waals surface area contributed by atoms with Crippen LogP contribution in [0, 0.1) is 6.92 Å². The number of carbonyl (C=O) groups excluding carboxylic acids is 1. The Morgan fingerprint density at radius 3 is 2.27 bits per heavy atom. The zero-order valence-corrected chi connectivity index (χ0v) is 21.7. The van der Waals surface area contributed by atoms with Crippen LogP contribution in [0.5, 0.6) is 11.5 Å². The first-order valence-electron chi connectivity index (χ1n) is 12.4. The van der Waals surface area contributed by atoms with Crippen molar-refractivity contribution < 1.29 is 22.7 Å². The predicted octanol–water partition coefficient (Wildman–Crippen LogP) is 3.26. The molecule has 37 heavy (non-hydrogen) atoms. The van der Waals surface area contributed by atoms with E-state index in [0.717, 1.165) is 34.7 Å². The summed E-state index contributed by atoms with van der Waals surface area (Å²) in [6.07, 6.45) is 0. The number of hydrogen-bond acceptors (Lipinski definition) is 6. The van der Waals surface area contributed by atoms with Gasteiger partial charge >= 0.3 is 0 Å². The van der Waals surface area contributed by atoms with Gasteiger partial charge in [-0.2, -0.15) is 4.31 Å². The third kappa shape index (κ3) is 5.95. The first-order valence-corrected chi connectivity index (χ1v) is 13.8. The van der Waals surface area contributed by atoms with E-state index in [1.54, 1.807) is 35.2 Å². The van der Waals surface area contributed by atoms with Gasteiger partial charge in [0.25, 0.3) is 0 Å². The number of carbonyl (C=O) groups is 1. The van der Waals surface area contributed by atoms with Gasteiger partial charge in [0.2, 0.25) is 22.7 Å². The maximum Gasteiger partial charge on any atom is 0.243 e. The van der Waals surface area contributed by atoms with Gasteiger partial charge in [-0.25, -0.2) is 8.42 Å². The molecule has 1 fully saturated rings. The highest BCUT2D eigenvalue weighted by atomic mass is 32.2. The van der Waals surface area contributed by atoms with Gasteiger partial charge in [-0.1, -0.05) is 54.1 Å². The number of sulfonamides is 1. The summed E-state index contributed by atoms with van der Waals surface area (Å²) in [4.78, 5) is 17.5. The molecule has 2 heterocycles. The molecule has 1 amide bonds. The van der Waals surface area contributed by atoms with Crippen LogP contribution in [0.25, 0.3) is 0 Å². The molecule has 0 aromatic heterocycles. The standard InChI is InChI=1S/C28H31N3O5S/c1-22-7-9-23(10-8-22)19-31(37(33,34)25-5-3-2-4-6-25)20-28(32)30-15-13-29(14-16-30)18-24-11-12-26-27(17-24)36-21-35-26/h2-12,17H,13-16,18-21H2,1H3. The minimum Gasteiger partial charge on any atom is -0.454 e. The van der Waals surface area contributed by atoms with E-state index in [-0.39, 0.29) is 30.7 Å². The van der Waals surface area contributed by atoms with Crippen molar-refractivity contribution in [3.63, 3.8) is 0 Å². The molecule has 2 aliphatic heterocycles. The van der Waals surface area contributed by atoms with Gasteiger partial charge in [0.1, 0.15) is 0 Å². The van der Waals surface area contributed by atoms with Crippen molar-refractivity contribution >= 4 is 15.9 Å². The lowest BCUT2D eigenvalue weighted by molar-refractivity contribution is -0.133. The Morgan fingerprint density at radius 1 is 0.865 bits per heavy atom. The van der Waals surface area contributed by atoms with Crippen LogP contribution in [0.4, 0.5) is 0 Å². The molecule has 1 saturated heterocycles. The van der Waals surface area contributed by atoms with E-state index >= 15 is 0 Å². The molecule has 0 saturated carbocycles. The largest absolute Gasteiger partial charge is 0.454 e. The van der Waals surface area contributed by atoms with Crippen LogP contribution in [0.15, 0.2) is 77.7 Å². The fraction of sp³-hybridized carbons (Fsp3) is 0.321. The van der Waals surface area contributed by atoms with Crippen molar-refractivity contribution in [3.05, 3.63) is 89.5 Å². The number of rotatable bonds is 8. The molecule has 3 aromatic carbocycles. The molecule has 0 radical (unpaired) electrons. The fourth-order valence-corrected chi connectivity index (χ4v) is 5.97. The predicted molar refractivity (Wildman–Crippen MR) is 140 cm³/mol. The molecule has 3 aromatic rings. The molecule has 0 bridgehead atoms. The van der Waals surface area contributed by atoms with Gasteiger partial charge < -0.3 is 14.4 Å². The van der Waals surface area contributed by atoms with Gasteiger partial charge in [-0.15, -0.1) is 0 Å². The molecule has 0 unspecified atom stereocenters. The molecule has 2 aliphatic rings. The van der Waals surface area contributed by atoms with Crippen LogP contribution in [0.1, 0.15) is 16.7 Å². The highest BCUT2D eigenvalue weighted by Crippen LogP contribution is 2.33. The lowest BCUT2D eigenvalue weighted by Gasteiger charge is -2.35. The summed E-state index contributed by atoms with van der Waals surface area (Å²) in [5.74, 6) is 1.34. The second-order valence-corrected chi connectivity index (χ2v) is 11.4. The Hall–Kier alpha value is -3.40. The third-order valence-electron chi connectivity index (χ3n) is 6.74. The molecule has 194 valence electrons. The van der Waals surface area contributed by atoms with Gasteiger partial charge in [-0.3, -0.25) is 9.69 Å². The molecule has 0 N–H and O–H groups in total. The second kappa shape index (κ2) is 10.9. The average molecular weight is 522 g/mol. The number of nitrogens with zero attached hydrogens (tertiary/aromatic N) is 3. The highest BCUT2D eigenvalue weighted by molar-refractivity contribution is 7.89. The van der Waals surface area contributed by atoms with E-state index in [9.17, 15) is 13.2 Å². The van der Waals surface area contributed by atoms with Crippen LogP contribution in [-0.2, 0) is 27.9 Å². The maximum absolute atomic E-state index is 13.5. The van der Waals surface area contributed by atoms with Crippen LogP contribution >= 0.6 is 0 Å². The van der Waals surface area contributed by atoms with Crippen LogP contribution in [-0.4, -0.2) is 67.9 Å². The molecule has 9 heteroatoms. The van der Waals surface area contributed by atoms with Gasteiger partial charge in [-0.05, 0) is 42.3 Å². The van der Waals surface area contributed by atoms with E-state index in [0.29, 0.717) is 26.2 Å². The first-order chi connectivity index (χ1) is 17.9. The monoisotopic (exact) mass is 521 g/mol. The smallest absolute Gasteiger partial charge is 0.243 e. The number of benzene rings is 3. The number of fused-ring (bicyclic) bond motifs is 1. The number of amides is 1. The van der Waals surface area contributed by atoms with Crippen LogP contribution in [0.3, 0.4) is 0 Å². The molecule has 0 atom stereocenters. The summed E-state index contributed by atoms with van der Waals surface area (Å²) in [5.41, 5.74) is 3.06. The Bertz CT molecular complexity index is 1340. The van der Waals surface area contributed by atoms with Gasteiger partial charge in [0.05, 0.1) is 11.4 Å². The Labute approximate surface area is 218 Å². The van der Waals surface area contributed by atoms with Gasteiger partial charge in [0, 0.05) is 39.3 Å². The topological polar surface area (TPSA) is 79.4 Å². The summed E-state index contributed by atoms with van der Waals surface area (Å²) < 4.78 is 39.1. The van der Waals surface area contributed by atoms with Crippen molar-refractivity contribution in [2.75, 3.05) is 39.5 Å². The van der Waals surface area contributed by atoms with Gasteiger partial charge in [0.15, 0.2) is 11.5 Å². The average Bonchev–Trinajstić information content (AvgIpc) is 3.38. The molecular weight excluding hydrogens is 490 g/mol. The van der Waals surface area contributed by atoms with Crippen molar-refractivity contribution in [1.29, 1.82) is 0 Å². The fourth-order valence-electron chi connectivity index (χ4n) is 4.57.